The summed E-state index contributed by atoms with van der Waals surface area (Å²) < 4.78 is 5.88. The lowest BCUT2D eigenvalue weighted by Gasteiger charge is -2.55. The van der Waals surface area contributed by atoms with Gasteiger partial charge in [0.2, 0.25) is 11.8 Å². The molecule has 6 aliphatic rings. The van der Waals surface area contributed by atoms with Crippen LogP contribution in [0.2, 0.25) is 0 Å². The van der Waals surface area contributed by atoms with Crippen LogP contribution < -0.4 is 16.0 Å². The van der Waals surface area contributed by atoms with Crippen LogP contribution in [-0.4, -0.2) is 105 Å². The molecule has 2 aliphatic carbocycles. The first-order valence-electron chi connectivity index (χ1n) is 22.1. The van der Waals surface area contributed by atoms with Crippen molar-refractivity contribution in [1.82, 2.24) is 35.1 Å². The van der Waals surface area contributed by atoms with Crippen LogP contribution in [0.1, 0.15) is 120 Å². The van der Waals surface area contributed by atoms with E-state index in [0.717, 1.165) is 75.2 Å². The lowest BCUT2D eigenvalue weighted by Crippen LogP contribution is -2.53. The molecule has 14 heteroatoms. The molecule has 4 aliphatic heterocycles. The van der Waals surface area contributed by atoms with Crippen molar-refractivity contribution in [3.05, 3.63) is 81.9 Å². The Morgan fingerprint density at radius 2 is 1.75 bits per heavy atom. The van der Waals surface area contributed by atoms with E-state index >= 15 is 0 Å². The molecule has 60 heavy (non-hydrogen) atoms. The second kappa shape index (κ2) is 15.6. The Balaban J connectivity index is 0.716. The zero-order valence-electron chi connectivity index (χ0n) is 34.5. The van der Waals surface area contributed by atoms with Crippen LogP contribution in [0.25, 0.3) is 11.0 Å². The second-order valence-electron chi connectivity index (χ2n) is 18.5. The third-order valence-corrected chi connectivity index (χ3v) is 14.9. The van der Waals surface area contributed by atoms with Gasteiger partial charge < -0.3 is 25.0 Å². The number of anilines is 1. The van der Waals surface area contributed by atoms with E-state index in [9.17, 15) is 19.2 Å². The predicted molar refractivity (Wildman–Crippen MR) is 224 cm³/mol. The minimum Gasteiger partial charge on any atom is -0.364 e. The SMILES string of the molecule is CN1CCN([C@@H]2CCCN(c3cnc(C(N)=O)c(CCc4ccc(C5CCC6(CC5)CC(N5CCc7c(ccc8c(C9CCC(=O)NC9=O)noc78)C5)C6)cc4)n3)C2)C1=O. The van der Waals surface area contributed by atoms with Crippen molar-refractivity contribution < 1.29 is 23.7 Å². The fourth-order valence-electron chi connectivity index (χ4n) is 11.4. The summed E-state index contributed by atoms with van der Waals surface area (Å²) in [5.41, 5.74) is 13.6. The van der Waals surface area contributed by atoms with Crippen LogP contribution in [0.15, 0.2) is 47.1 Å². The maximum Gasteiger partial charge on any atom is 0.320 e. The van der Waals surface area contributed by atoms with Gasteiger partial charge in [0.05, 0.1) is 23.9 Å². The molecule has 1 spiro atoms. The Bertz CT molecular complexity index is 2330. The van der Waals surface area contributed by atoms with E-state index in [1.165, 1.54) is 60.8 Å². The number of carbonyl (C=O) groups excluding carboxylic acids is 4. The molecule has 2 atom stereocenters. The Labute approximate surface area is 350 Å². The standard InChI is InChI=1S/C46H55N9O5/c1-52-21-22-55(45(52)59)32-3-2-19-54(27-32)38-25-48-41(43(47)57)37(49-38)12-6-28-4-7-29(8-5-28)30-14-17-46(18-15-30)23-33(24-46)53-20-16-34-31(26-53)9-10-35-40(51-60-42(34)35)36-11-13-39(56)50-44(36)58/h4-5,7-10,25,30,32-33,36H,2-3,6,11-24,26-27H2,1H3,(H2,47,57)(H,50,56,58)/t30?,32-,33?,36?,46?/m1/s1. The number of amides is 5. The van der Waals surface area contributed by atoms with Crippen molar-refractivity contribution in [3.63, 3.8) is 0 Å². The van der Waals surface area contributed by atoms with Gasteiger partial charge in [-0.3, -0.25) is 24.6 Å². The van der Waals surface area contributed by atoms with Gasteiger partial charge in [-0.1, -0.05) is 35.5 Å². The van der Waals surface area contributed by atoms with Gasteiger partial charge in [-0.15, -0.1) is 0 Å². The highest BCUT2D eigenvalue weighted by molar-refractivity contribution is 6.02. The van der Waals surface area contributed by atoms with Crippen molar-refractivity contribution in [2.75, 3.05) is 44.7 Å². The van der Waals surface area contributed by atoms with Crippen LogP contribution in [0, 0.1) is 5.41 Å². The summed E-state index contributed by atoms with van der Waals surface area (Å²) in [7, 11) is 1.85. The summed E-state index contributed by atoms with van der Waals surface area (Å²) in [4.78, 5) is 67.4. The summed E-state index contributed by atoms with van der Waals surface area (Å²) in [5, 5.41) is 7.69. The molecular formula is C46H55N9O5. The minimum atomic E-state index is -0.562. The number of likely N-dealkylation sites (N-methyl/N-ethyl adjacent to an activating group) is 1. The first kappa shape index (κ1) is 38.8. The molecule has 4 aromatic rings. The smallest absolute Gasteiger partial charge is 0.320 e. The Hall–Kier alpha value is -5.37. The molecule has 2 aromatic heterocycles. The summed E-state index contributed by atoms with van der Waals surface area (Å²) in [6.07, 6.45) is 14.1. The van der Waals surface area contributed by atoms with E-state index in [-0.39, 0.29) is 29.6 Å². The molecule has 3 N–H and O–H groups in total. The molecule has 314 valence electrons. The van der Waals surface area contributed by atoms with Crippen LogP contribution in [-0.2, 0) is 35.4 Å². The van der Waals surface area contributed by atoms with Gasteiger partial charge in [0.15, 0.2) is 5.58 Å². The number of aromatic nitrogens is 3. The van der Waals surface area contributed by atoms with Crippen molar-refractivity contribution in [2.24, 2.45) is 11.1 Å². The summed E-state index contributed by atoms with van der Waals surface area (Å²) in [5.74, 6) is -0.204. The number of carbonyl (C=O) groups is 4. The third kappa shape index (κ3) is 7.20. The Kier molecular flexibility index (Phi) is 10.1. The first-order chi connectivity index (χ1) is 29.1. The van der Waals surface area contributed by atoms with Crippen LogP contribution in [0.3, 0.4) is 0 Å². The van der Waals surface area contributed by atoms with E-state index < -0.39 is 11.8 Å². The van der Waals surface area contributed by atoms with Crippen LogP contribution in [0.4, 0.5) is 10.6 Å². The molecular weight excluding hydrogens is 759 g/mol. The number of piperidine rings is 2. The monoisotopic (exact) mass is 813 g/mol. The van der Waals surface area contributed by atoms with Crippen LogP contribution in [0.5, 0.6) is 0 Å². The zero-order valence-corrected chi connectivity index (χ0v) is 34.5. The highest BCUT2D eigenvalue weighted by Gasteiger charge is 2.48. The van der Waals surface area contributed by atoms with E-state index in [0.29, 0.717) is 54.6 Å². The molecule has 6 heterocycles. The number of nitrogens with one attached hydrogen (secondary N) is 1. The van der Waals surface area contributed by atoms with Gasteiger partial charge in [-0.2, -0.15) is 0 Å². The molecule has 5 fully saturated rings. The highest BCUT2D eigenvalue weighted by Crippen LogP contribution is 2.56. The average molecular weight is 814 g/mol. The number of hydrogen-bond donors (Lipinski definition) is 2. The minimum absolute atomic E-state index is 0.0898. The number of aryl methyl sites for hydroxylation is 2. The largest absolute Gasteiger partial charge is 0.364 e. The van der Waals surface area contributed by atoms with E-state index in [2.05, 4.69) is 61.7 Å². The second-order valence-corrected chi connectivity index (χ2v) is 18.5. The van der Waals surface area contributed by atoms with Gasteiger partial charge >= 0.3 is 6.03 Å². The lowest BCUT2D eigenvalue weighted by molar-refractivity contribution is -0.134. The van der Waals surface area contributed by atoms with Crippen molar-refractivity contribution >= 4 is 40.5 Å². The topological polar surface area (TPSA) is 171 Å². The first-order valence-corrected chi connectivity index (χ1v) is 22.1. The molecule has 10 rings (SSSR count). The molecule has 14 nitrogen and oxygen atoms in total. The fourth-order valence-corrected chi connectivity index (χ4v) is 11.4. The molecule has 0 bridgehead atoms. The summed E-state index contributed by atoms with van der Waals surface area (Å²) in [6, 6.07) is 14.1. The molecule has 1 unspecified atom stereocenters. The molecule has 2 aromatic carbocycles. The van der Waals surface area contributed by atoms with Crippen LogP contribution >= 0.6 is 0 Å². The number of nitrogens with two attached hydrogens (primary N) is 1. The Morgan fingerprint density at radius 3 is 2.50 bits per heavy atom. The van der Waals surface area contributed by atoms with Gasteiger partial charge in [-0.05, 0) is 111 Å². The number of fused-ring (bicyclic) bond motifs is 3. The lowest BCUT2D eigenvalue weighted by atomic mass is 9.56. The number of rotatable bonds is 9. The van der Waals surface area contributed by atoms with Crippen molar-refractivity contribution in [3.8, 4) is 0 Å². The maximum absolute atomic E-state index is 12.7. The molecule has 2 saturated carbocycles. The maximum atomic E-state index is 12.7. The quantitative estimate of drug-likeness (QED) is 0.214. The predicted octanol–water partition coefficient (Wildman–Crippen LogP) is 5.22. The van der Waals surface area contributed by atoms with Gasteiger partial charge in [0.25, 0.3) is 5.91 Å². The highest BCUT2D eigenvalue weighted by atomic mass is 16.5. The number of benzene rings is 2. The average Bonchev–Trinajstić information content (AvgIpc) is 3.84. The van der Waals surface area contributed by atoms with Gasteiger partial charge in [0, 0.05) is 69.7 Å². The number of primary amides is 1. The molecule has 3 saturated heterocycles. The number of nitrogens with zero attached hydrogens (tertiary/aromatic N) is 7. The van der Waals surface area contributed by atoms with Gasteiger partial charge in [0.1, 0.15) is 17.2 Å². The number of imide groups is 1. The summed E-state index contributed by atoms with van der Waals surface area (Å²) >= 11 is 0. The van der Waals surface area contributed by atoms with E-state index in [1.54, 1.807) is 11.1 Å². The normalized spacial score (nSPS) is 27.4. The number of hydrogen-bond acceptors (Lipinski definition) is 10. The van der Waals surface area contributed by atoms with Crippen molar-refractivity contribution in [2.45, 2.75) is 114 Å². The summed E-state index contributed by atoms with van der Waals surface area (Å²) in [6.45, 7) is 4.95. The fraction of sp³-hybridized carbons (Fsp3) is 0.543. The van der Waals surface area contributed by atoms with E-state index in [4.69, 9.17) is 15.2 Å². The van der Waals surface area contributed by atoms with Crippen molar-refractivity contribution in [1.29, 1.82) is 0 Å². The zero-order chi connectivity index (χ0) is 41.1. The Morgan fingerprint density at radius 1 is 0.933 bits per heavy atom. The van der Waals surface area contributed by atoms with E-state index in [1.807, 2.05) is 11.9 Å². The molecule has 0 radical (unpaired) electrons. The van der Waals surface area contributed by atoms with Gasteiger partial charge in [-0.25, -0.2) is 14.8 Å². The third-order valence-electron chi connectivity index (χ3n) is 14.9. The number of urea groups is 1. The molecule has 5 amide bonds.